The number of aliphatic hydroxyl groups excluding tert-OH is 4. The quantitative estimate of drug-likeness (QED) is 0.275. The third kappa shape index (κ3) is 8.65. The van der Waals surface area contributed by atoms with Gasteiger partial charge in [-0.2, -0.15) is 0 Å². The van der Waals surface area contributed by atoms with Gasteiger partial charge in [0.2, 0.25) is 0 Å². The number of carbonyl (C=O) groups excluding carboxylic acids is 2. The number of ether oxygens (including phenoxy) is 2. The summed E-state index contributed by atoms with van der Waals surface area (Å²) in [4.78, 5) is 21.9. The van der Waals surface area contributed by atoms with Crippen LogP contribution in [0.15, 0.2) is 12.2 Å². The van der Waals surface area contributed by atoms with Crippen molar-refractivity contribution in [1.82, 2.24) is 0 Å². The van der Waals surface area contributed by atoms with Gasteiger partial charge in [-0.15, -0.1) is 0 Å². The zero-order valence-electron chi connectivity index (χ0n) is 9.56. The topological polar surface area (TPSA) is 134 Å². The Bertz CT molecular complexity index is 260. The molecule has 0 aliphatic carbocycles. The van der Waals surface area contributed by atoms with Crippen LogP contribution in [-0.2, 0) is 19.1 Å². The Labute approximate surface area is 103 Å². The molecule has 0 aliphatic heterocycles. The lowest BCUT2D eigenvalue weighted by Crippen LogP contribution is -2.22. The Hall–Kier alpha value is -1.48. The summed E-state index contributed by atoms with van der Waals surface area (Å²) >= 11 is 0. The maximum atomic E-state index is 11.0. The van der Waals surface area contributed by atoms with E-state index in [-0.39, 0.29) is 0 Å². The van der Waals surface area contributed by atoms with Gasteiger partial charge >= 0.3 is 11.9 Å². The molecule has 0 aromatic carbocycles. The monoisotopic (exact) mass is 264 g/mol. The van der Waals surface area contributed by atoms with Crippen LogP contribution in [0.2, 0.25) is 0 Å². The van der Waals surface area contributed by atoms with E-state index in [1.807, 2.05) is 0 Å². The fourth-order valence-electron chi connectivity index (χ4n) is 0.694. The molecule has 2 unspecified atom stereocenters. The molecule has 0 saturated carbocycles. The molecule has 0 radical (unpaired) electrons. The van der Waals surface area contributed by atoms with E-state index < -0.39 is 50.6 Å². The van der Waals surface area contributed by atoms with Crippen molar-refractivity contribution >= 4 is 11.9 Å². The van der Waals surface area contributed by atoms with E-state index in [1.54, 1.807) is 0 Å². The number of hydrogen-bond donors (Lipinski definition) is 4. The number of rotatable bonds is 8. The Morgan fingerprint density at radius 1 is 0.889 bits per heavy atom. The Morgan fingerprint density at radius 2 is 1.22 bits per heavy atom. The van der Waals surface area contributed by atoms with Gasteiger partial charge < -0.3 is 29.9 Å². The first-order valence-corrected chi connectivity index (χ1v) is 5.09. The molecular formula is C10H16O8. The van der Waals surface area contributed by atoms with Crippen molar-refractivity contribution in [1.29, 1.82) is 0 Å². The van der Waals surface area contributed by atoms with E-state index in [1.165, 1.54) is 0 Å². The van der Waals surface area contributed by atoms with Crippen molar-refractivity contribution in [2.75, 3.05) is 26.4 Å². The predicted molar refractivity (Wildman–Crippen MR) is 57.2 cm³/mol. The summed E-state index contributed by atoms with van der Waals surface area (Å²) in [5.41, 5.74) is 0. The van der Waals surface area contributed by atoms with Crippen LogP contribution in [0, 0.1) is 0 Å². The van der Waals surface area contributed by atoms with Crippen molar-refractivity contribution in [3.63, 3.8) is 0 Å². The average molecular weight is 264 g/mol. The molecule has 2 atom stereocenters. The molecule has 104 valence electrons. The maximum Gasteiger partial charge on any atom is 0.331 e. The molecule has 0 aromatic rings. The molecule has 0 heterocycles. The van der Waals surface area contributed by atoms with Crippen LogP contribution < -0.4 is 0 Å². The van der Waals surface area contributed by atoms with E-state index in [9.17, 15) is 9.59 Å². The van der Waals surface area contributed by atoms with Gasteiger partial charge in [-0.1, -0.05) is 0 Å². The van der Waals surface area contributed by atoms with Crippen LogP contribution >= 0.6 is 0 Å². The van der Waals surface area contributed by atoms with Gasteiger partial charge in [0.25, 0.3) is 0 Å². The van der Waals surface area contributed by atoms with Crippen LogP contribution in [0.5, 0.6) is 0 Å². The van der Waals surface area contributed by atoms with Crippen LogP contribution in [0.25, 0.3) is 0 Å². The van der Waals surface area contributed by atoms with Gasteiger partial charge in [0, 0.05) is 12.2 Å². The molecule has 4 N–H and O–H groups in total. The van der Waals surface area contributed by atoms with Gasteiger partial charge in [-0.3, -0.25) is 0 Å². The van der Waals surface area contributed by atoms with Crippen LogP contribution in [0.3, 0.4) is 0 Å². The minimum Gasteiger partial charge on any atom is -0.460 e. The van der Waals surface area contributed by atoms with Gasteiger partial charge in [0.05, 0.1) is 13.2 Å². The molecular weight excluding hydrogens is 248 g/mol. The van der Waals surface area contributed by atoms with Gasteiger partial charge in [-0.05, 0) is 0 Å². The molecule has 0 amide bonds. The van der Waals surface area contributed by atoms with Gasteiger partial charge in [0.15, 0.2) is 0 Å². The Kier molecular flexibility index (Phi) is 8.76. The second-order valence-electron chi connectivity index (χ2n) is 3.27. The van der Waals surface area contributed by atoms with Crippen molar-refractivity contribution < 1.29 is 39.5 Å². The molecule has 0 saturated heterocycles. The maximum absolute atomic E-state index is 11.0. The lowest BCUT2D eigenvalue weighted by molar-refractivity contribution is -0.144. The van der Waals surface area contributed by atoms with Gasteiger partial charge in [-0.25, -0.2) is 9.59 Å². The molecule has 0 aromatic heterocycles. The van der Waals surface area contributed by atoms with E-state index in [4.69, 9.17) is 20.4 Å². The minimum absolute atomic E-state index is 0.391. The van der Waals surface area contributed by atoms with Gasteiger partial charge in [0.1, 0.15) is 25.4 Å². The first-order chi connectivity index (χ1) is 8.49. The van der Waals surface area contributed by atoms with Crippen molar-refractivity contribution in [3.05, 3.63) is 12.2 Å². The molecule has 0 bridgehead atoms. The molecule has 0 fully saturated rings. The smallest absolute Gasteiger partial charge is 0.331 e. The zero-order valence-corrected chi connectivity index (χ0v) is 9.56. The molecule has 8 nitrogen and oxygen atoms in total. The summed E-state index contributed by atoms with van der Waals surface area (Å²) in [7, 11) is 0. The van der Waals surface area contributed by atoms with E-state index in [2.05, 4.69) is 9.47 Å². The second kappa shape index (κ2) is 9.54. The second-order valence-corrected chi connectivity index (χ2v) is 3.27. The zero-order chi connectivity index (χ0) is 14.0. The lowest BCUT2D eigenvalue weighted by Gasteiger charge is -2.07. The number of carbonyl (C=O) groups is 2. The normalized spacial score (nSPS) is 14.2. The highest BCUT2D eigenvalue weighted by atomic mass is 16.5. The van der Waals surface area contributed by atoms with Crippen LogP contribution in [0.1, 0.15) is 0 Å². The number of aliphatic hydroxyl groups is 4. The highest BCUT2D eigenvalue weighted by Crippen LogP contribution is 1.90. The number of hydrogen-bond acceptors (Lipinski definition) is 8. The average Bonchev–Trinajstić information content (AvgIpc) is 2.39. The first kappa shape index (κ1) is 16.5. The molecule has 0 spiro atoms. The highest BCUT2D eigenvalue weighted by Gasteiger charge is 2.07. The third-order valence-electron chi connectivity index (χ3n) is 1.61. The molecule has 18 heavy (non-hydrogen) atoms. The Balaban J connectivity index is 3.85. The molecule has 0 aliphatic rings. The minimum atomic E-state index is -1.17. The van der Waals surface area contributed by atoms with Crippen LogP contribution in [-0.4, -0.2) is 71.0 Å². The summed E-state index contributed by atoms with van der Waals surface area (Å²) < 4.78 is 8.92. The van der Waals surface area contributed by atoms with E-state index in [0.29, 0.717) is 0 Å². The van der Waals surface area contributed by atoms with Crippen molar-refractivity contribution in [2.24, 2.45) is 0 Å². The Morgan fingerprint density at radius 3 is 1.50 bits per heavy atom. The summed E-state index contributed by atoms with van der Waals surface area (Å²) in [5.74, 6) is -1.77. The standard InChI is InChI=1S/C10H16O8/c11-3-7(13)5-17-9(15)1-2-10(16)18-6-8(14)4-12/h1-2,7-8,11-14H,3-6H2/b2-1+. The molecule has 0 rings (SSSR count). The summed E-state index contributed by atoms with van der Waals surface area (Å²) in [6.07, 6.45) is -0.793. The fourth-order valence-corrected chi connectivity index (χ4v) is 0.694. The summed E-state index contributed by atoms with van der Waals surface area (Å²) in [6, 6.07) is 0. The fraction of sp³-hybridized carbons (Fsp3) is 0.600. The third-order valence-corrected chi connectivity index (χ3v) is 1.61. The van der Waals surface area contributed by atoms with E-state index in [0.717, 1.165) is 12.2 Å². The van der Waals surface area contributed by atoms with Crippen LogP contribution in [0.4, 0.5) is 0 Å². The highest BCUT2D eigenvalue weighted by molar-refractivity contribution is 5.91. The largest absolute Gasteiger partial charge is 0.460 e. The van der Waals surface area contributed by atoms with E-state index >= 15 is 0 Å². The number of esters is 2. The SMILES string of the molecule is O=C(/C=C/C(=O)OCC(O)CO)OCC(O)CO. The summed E-state index contributed by atoms with van der Waals surface area (Å²) in [5, 5.41) is 34.6. The first-order valence-electron chi connectivity index (χ1n) is 5.09. The molecule has 8 heteroatoms. The van der Waals surface area contributed by atoms with Crippen molar-refractivity contribution in [3.8, 4) is 0 Å². The predicted octanol–water partition coefficient (Wildman–Crippen LogP) is -2.66. The summed E-state index contributed by atoms with van der Waals surface area (Å²) in [6.45, 7) is -1.87. The lowest BCUT2D eigenvalue weighted by atomic mass is 10.4. The van der Waals surface area contributed by atoms with Crippen molar-refractivity contribution in [2.45, 2.75) is 12.2 Å².